The number of aromatic nitrogens is 3. The van der Waals surface area contributed by atoms with Crippen molar-refractivity contribution < 1.29 is 14.3 Å². The van der Waals surface area contributed by atoms with Crippen molar-refractivity contribution in [1.29, 1.82) is 0 Å². The van der Waals surface area contributed by atoms with Gasteiger partial charge in [0, 0.05) is 0 Å². The first-order valence-corrected chi connectivity index (χ1v) is 5.81. The minimum atomic E-state index is -0.611. The van der Waals surface area contributed by atoms with Crippen LogP contribution in [-0.4, -0.2) is 32.6 Å². The average Bonchev–Trinajstić information content (AvgIpc) is 2.90. The number of aliphatic hydroxyl groups is 1. The van der Waals surface area contributed by atoms with E-state index in [1.54, 1.807) is 17.0 Å². The molecule has 0 aromatic carbocycles. The highest BCUT2D eigenvalue weighted by molar-refractivity contribution is 4.96. The maximum Gasteiger partial charge on any atom is 0.147 e. The molecule has 1 N–H and O–H groups in total. The highest BCUT2D eigenvalue weighted by Gasteiger charge is 2.10. The zero-order chi connectivity index (χ0) is 13.0. The Morgan fingerprint density at radius 3 is 2.94 bits per heavy atom. The maximum absolute atomic E-state index is 9.82. The van der Waals surface area contributed by atoms with Crippen molar-refractivity contribution in [2.24, 2.45) is 0 Å². The summed E-state index contributed by atoms with van der Waals surface area (Å²) in [4.78, 5) is 4.17. The molecule has 0 saturated carbocycles. The number of hydrogen-bond donors (Lipinski definition) is 1. The average molecular weight is 251 g/mol. The molecule has 0 aliphatic carbocycles. The predicted molar refractivity (Wildman–Crippen MR) is 63.9 cm³/mol. The molecule has 0 fully saturated rings. The van der Waals surface area contributed by atoms with Crippen LogP contribution in [0.5, 0.6) is 0 Å². The second kappa shape index (κ2) is 5.79. The minimum Gasteiger partial charge on any atom is -0.467 e. The van der Waals surface area contributed by atoms with Crippen LogP contribution in [0.15, 0.2) is 22.8 Å². The molecule has 0 radical (unpaired) electrons. The highest BCUT2D eigenvalue weighted by Crippen LogP contribution is 2.03. The summed E-state index contributed by atoms with van der Waals surface area (Å²) in [5.41, 5.74) is 0. The monoisotopic (exact) mass is 251 g/mol. The maximum atomic E-state index is 9.82. The molecule has 2 rings (SSSR count). The third-order valence-corrected chi connectivity index (χ3v) is 2.48. The molecule has 2 aromatic heterocycles. The molecule has 1 atom stereocenters. The van der Waals surface area contributed by atoms with Crippen LogP contribution in [0, 0.1) is 13.8 Å². The van der Waals surface area contributed by atoms with Crippen LogP contribution in [0.4, 0.5) is 0 Å². The summed E-state index contributed by atoms with van der Waals surface area (Å²) in [5.74, 6) is 2.24. The van der Waals surface area contributed by atoms with Crippen molar-refractivity contribution in [2.75, 3.05) is 6.61 Å². The molecule has 0 spiro atoms. The second-order valence-electron chi connectivity index (χ2n) is 4.14. The smallest absolute Gasteiger partial charge is 0.147 e. The van der Waals surface area contributed by atoms with E-state index in [1.807, 2.05) is 19.9 Å². The van der Waals surface area contributed by atoms with Gasteiger partial charge in [-0.1, -0.05) is 0 Å². The molecular weight excluding hydrogens is 234 g/mol. The van der Waals surface area contributed by atoms with Gasteiger partial charge in [0.05, 0.1) is 25.5 Å². The van der Waals surface area contributed by atoms with Crippen LogP contribution in [0.25, 0.3) is 0 Å². The lowest BCUT2D eigenvalue weighted by atomic mass is 10.4. The van der Waals surface area contributed by atoms with E-state index in [9.17, 15) is 5.11 Å². The van der Waals surface area contributed by atoms with Gasteiger partial charge >= 0.3 is 0 Å². The van der Waals surface area contributed by atoms with Crippen LogP contribution in [0.1, 0.15) is 17.4 Å². The lowest BCUT2D eigenvalue weighted by Gasteiger charge is -2.11. The highest BCUT2D eigenvalue weighted by atomic mass is 16.5. The van der Waals surface area contributed by atoms with E-state index in [1.165, 1.54) is 0 Å². The Kier molecular flexibility index (Phi) is 4.11. The van der Waals surface area contributed by atoms with Gasteiger partial charge in [-0.2, -0.15) is 5.10 Å². The third-order valence-electron chi connectivity index (χ3n) is 2.48. The van der Waals surface area contributed by atoms with Gasteiger partial charge in [0.1, 0.15) is 24.0 Å². The van der Waals surface area contributed by atoms with E-state index < -0.39 is 6.10 Å². The fourth-order valence-electron chi connectivity index (χ4n) is 1.68. The van der Waals surface area contributed by atoms with E-state index >= 15 is 0 Å². The largest absolute Gasteiger partial charge is 0.467 e. The van der Waals surface area contributed by atoms with Crippen LogP contribution in [0.3, 0.4) is 0 Å². The van der Waals surface area contributed by atoms with Gasteiger partial charge in [0.25, 0.3) is 0 Å². The van der Waals surface area contributed by atoms with Gasteiger partial charge in [-0.25, -0.2) is 9.67 Å². The molecule has 0 aliphatic rings. The normalized spacial score (nSPS) is 12.8. The van der Waals surface area contributed by atoms with Gasteiger partial charge < -0.3 is 14.3 Å². The molecule has 1 unspecified atom stereocenters. The molecule has 98 valence electrons. The van der Waals surface area contributed by atoms with E-state index in [4.69, 9.17) is 9.15 Å². The fourth-order valence-corrected chi connectivity index (χ4v) is 1.68. The van der Waals surface area contributed by atoms with Crippen LogP contribution < -0.4 is 0 Å². The van der Waals surface area contributed by atoms with Crippen LogP contribution in [0.2, 0.25) is 0 Å². The summed E-state index contributed by atoms with van der Waals surface area (Å²) < 4.78 is 12.2. The molecule has 2 heterocycles. The molecule has 0 bridgehead atoms. The molecule has 6 nitrogen and oxygen atoms in total. The molecule has 0 aliphatic heterocycles. The summed E-state index contributed by atoms with van der Waals surface area (Å²) in [5, 5.41) is 14.0. The second-order valence-corrected chi connectivity index (χ2v) is 4.14. The van der Waals surface area contributed by atoms with Crippen molar-refractivity contribution in [1.82, 2.24) is 14.8 Å². The van der Waals surface area contributed by atoms with Gasteiger partial charge in [-0.15, -0.1) is 0 Å². The number of ether oxygens (including phenoxy) is 1. The zero-order valence-corrected chi connectivity index (χ0v) is 10.5. The van der Waals surface area contributed by atoms with Crippen LogP contribution >= 0.6 is 0 Å². The van der Waals surface area contributed by atoms with E-state index in [0.29, 0.717) is 19.0 Å². The molecule has 0 saturated heterocycles. The number of hydrogen-bond acceptors (Lipinski definition) is 5. The Labute approximate surface area is 105 Å². The molecule has 6 heteroatoms. The standard InChI is InChI=1S/C12H17N3O3/c1-9-13-10(2)15(14-9)6-11(16)7-17-8-12-4-3-5-18-12/h3-5,11,16H,6-8H2,1-2H3. The SMILES string of the molecule is Cc1nc(C)n(CC(O)COCc2ccco2)n1. The van der Waals surface area contributed by atoms with Crippen molar-refractivity contribution in [3.05, 3.63) is 35.8 Å². The summed E-state index contributed by atoms with van der Waals surface area (Å²) in [6, 6.07) is 3.63. The Bertz CT molecular complexity index is 479. The van der Waals surface area contributed by atoms with Crippen molar-refractivity contribution >= 4 is 0 Å². The Balaban J connectivity index is 1.75. The van der Waals surface area contributed by atoms with Gasteiger partial charge in [0.15, 0.2) is 0 Å². The lowest BCUT2D eigenvalue weighted by molar-refractivity contribution is 0.0128. The summed E-state index contributed by atoms with van der Waals surface area (Å²) in [6.45, 7) is 4.66. The third kappa shape index (κ3) is 3.41. The number of aliphatic hydroxyl groups excluding tert-OH is 1. The Hall–Kier alpha value is -1.66. The van der Waals surface area contributed by atoms with E-state index in [0.717, 1.165) is 11.6 Å². The van der Waals surface area contributed by atoms with Crippen LogP contribution in [-0.2, 0) is 17.9 Å². The molecule has 0 amide bonds. The zero-order valence-electron chi connectivity index (χ0n) is 10.5. The summed E-state index contributed by atoms with van der Waals surface area (Å²) >= 11 is 0. The van der Waals surface area contributed by atoms with Crippen molar-refractivity contribution in [3.63, 3.8) is 0 Å². The summed E-state index contributed by atoms with van der Waals surface area (Å²) in [6.07, 6.45) is 0.983. The number of furan rings is 1. The summed E-state index contributed by atoms with van der Waals surface area (Å²) in [7, 11) is 0. The topological polar surface area (TPSA) is 73.3 Å². The van der Waals surface area contributed by atoms with Gasteiger partial charge in [-0.3, -0.25) is 0 Å². The van der Waals surface area contributed by atoms with Crippen molar-refractivity contribution in [2.45, 2.75) is 33.1 Å². The van der Waals surface area contributed by atoms with E-state index in [2.05, 4.69) is 10.1 Å². The fraction of sp³-hybridized carbons (Fsp3) is 0.500. The lowest BCUT2D eigenvalue weighted by Crippen LogP contribution is -2.23. The predicted octanol–water partition coefficient (Wildman–Crippen LogP) is 1.07. The van der Waals surface area contributed by atoms with Gasteiger partial charge in [0.2, 0.25) is 0 Å². The Morgan fingerprint density at radius 1 is 1.50 bits per heavy atom. The molecular formula is C12H17N3O3. The number of rotatable bonds is 6. The van der Waals surface area contributed by atoms with Crippen molar-refractivity contribution in [3.8, 4) is 0 Å². The Morgan fingerprint density at radius 2 is 2.33 bits per heavy atom. The minimum absolute atomic E-state index is 0.235. The first-order chi connectivity index (χ1) is 8.65. The molecule has 18 heavy (non-hydrogen) atoms. The number of aryl methyl sites for hydroxylation is 2. The first-order valence-electron chi connectivity index (χ1n) is 5.81. The quantitative estimate of drug-likeness (QED) is 0.831. The first kappa shape index (κ1) is 12.8. The number of nitrogens with zero attached hydrogens (tertiary/aromatic N) is 3. The van der Waals surface area contributed by atoms with Gasteiger partial charge in [-0.05, 0) is 26.0 Å². The molecule has 2 aromatic rings. The van der Waals surface area contributed by atoms with E-state index in [-0.39, 0.29) is 6.61 Å².